The molecule has 0 radical (unpaired) electrons. The number of halogens is 1. The van der Waals surface area contributed by atoms with Crippen LogP contribution in [0.3, 0.4) is 0 Å². The van der Waals surface area contributed by atoms with Crippen molar-refractivity contribution in [2.75, 3.05) is 19.5 Å². The van der Waals surface area contributed by atoms with Crippen LogP contribution in [0.15, 0.2) is 53.9 Å². The number of hydrogen-bond donors (Lipinski definition) is 1. The van der Waals surface area contributed by atoms with E-state index in [0.29, 0.717) is 10.8 Å². The SMILES string of the molecule is C/C(=N\Nc1ncnc2cc(Cl)ccc12)c1cccc(CN(C)C)c1. The molecule has 1 heterocycles. The number of hydrazone groups is 1. The van der Waals surface area contributed by atoms with Crippen molar-refractivity contribution in [2.24, 2.45) is 5.10 Å². The highest BCUT2D eigenvalue weighted by Crippen LogP contribution is 2.22. The van der Waals surface area contributed by atoms with Crippen LogP contribution in [-0.4, -0.2) is 34.7 Å². The Morgan fingerprint density at radius 2 is 2.00 bits per heavy atom. The molecule has 1 aromatic heterocycles. The van der Waals surface area contributed by atoms with Gasteiger partial charge < -0.3 is 4.90 Å². The molecule has 0 aliphatic carbocycles. The molecule has 0 bridgehead atoms. The second-order valence-corrected chi connectivity index (χ2v) is 6.57. The molecule has 6 heteroatoms. The standard InChI is InChI=1S/C19H20ClN5/c1-13(15-6-4-5-14(9-15)11-25(2)3)23-24-19-17-8-7-16(20)10-18(17)21-12-22-19/h4-10,12H,11H2,1-3H3,(H,21,22,24)/b23-13+. The van der Waals surface area contributed by atoms with Crippen LogP contribution in [0.5, 0.6) is 0 Å². The van der Waals surface area contributed by atoms with E-state index in [1.54, 1.807) is 0 Å². The summed E-state index contributed by atoms with van der Waals surface area (Å²) >= 11 is 6.02. The molecule has 3 aromatic rings. The number of nitrogens with one attached hydrogen (secondary N) is 1. The summed E-state index contributed by atoms with van der Waals surface area (Å²) in [5, 5.41) is 6.01. The fourth-order valence-electron chi connectivity index (χ4n) is 2.58. The first-order valence-corrected chi connectivity index (χ1v) is 8.35. The Labute approximate surface area is 152 Å². The summed E-state index contributed by atoms with van der Waals surface area (Å²) in [6, 6.07) is 13.9. The van der Waals surface area contributed by atoms with E-state index in [4.69, 9.17) is 11.6 Å². The molecule has 0 spiro atoms. The molecule has 0 unspecified atom stereocenters. The van der Waals surface area contributed by atoms with E-state index in [9.17, 15) is 0 Å². The van der Waals surface area contributed by atoms with Crippen molar-refractivity contribution in [1.82, 2.24) is 14.9 Å². The number of fused-ring (bicyclic) bond motifs is 1. The highest BCUT2D eigenvalue weighted by atomic mass is 35.5. The number of rotatable bonds is 5. The molecule has 0 amide bonds. The van der Waals surface area contributed by atoms with Gasteiger partial charge in [0.15, 0.2) is 5.82 Å². The van der Waals surface area contributed by atoms with Crippen LogP contribution in [0, 0.1) is 0 Å². The van der Waals surface area contributed by atoms with Gasteiger partial charge in [0.2, 0.25) is 0 Å². The van der Waals surface area contributed by atoms with Crippen molar-refractivity contribution in [3.63, 3.8) is 0 Å². The maximum atomic E-state index is 6.02. The Kier molecular flexibility index (Phi) is 5.26. The van der Waals surface area contributed by atoms with Gasteiger partial charge in [-0.1, -0.05) is 29.8 Å². The van der Waals surface area contributed by atoms with Crippen molar-refractivity contribution < 1.29 is 0 Å². The van der Waals surface area contributed by atoms with Crippen molar-refractivity contribution in [2.45, 2.75) is 13.5 Å². The monoisotopic (exact) mass is 353 g/mol. The molecule has 0 saturated heterocycles. The topological polar surface area (TPSA) is 53.4 Å². The molecule has 0 atom stereocenters. The maximum Gasteiger partial charge on any atom is 0.157 e. The summed E-state index contributed by atoms with van der Waals surface area (Å²) in [5.74, 6) is 0.658. The summed E-state index contributed by atoms with van der Waals surface area (Å²) in [7, 11) is 4.11. The average Bonchev–Trinajstić information content (AvgIpc) is 2.59. The third-order valence-electron chi connectivity index (χ3n) is 3.77. The normalized spacial score (nSPS) is 12.0. The minimum absolute atomic E-state index is 0.648. The second-order valence-electron chi connectivity index (χ2n) is 6.13. The Bertz CT molecular complexity index is 921. The Morgan fingerprint density at radius 1 is 1.16 bits per heavy atom. The summed E-state index contributed by atoms with van der Waals surface area (Å²) < 4.78 is 0. The van der Waals surface area contributed by atoms with Gasteiger partial charge in [0, 0.05) is 17.0 Å². The lowest BCUT2D eigenvalue weighted by atomic mass is 10.1. The minimum atomic E-state index is 0.648. The van der Waals surface area contributed by atoms with Gasteiger partial charge in [-0.2, -0.15) is 5.10 Å². The average molecular weight is 354 g/mol. The molecule has 2 aromatic carbocycles. The number of anilines is 1. The van der Waals surface area contributed by atoms with Crippen molar-refractivity contribution in [3.8, 4) is 0 Å². The fraction of sp³-hybridized carbons (Fsp3) is 0.211. The Morgan fingerprint density at radius 3 is 2.80 bits per heavy atom. The van der Waals surface area contributed by atoms with E-state index in [0.717, 1.165) is 28.7 Å². The molecular weight excluding hydrogens is 334 g/mol. The first-order valence-electron chi connectivity index (χ1n) is 7.97. The van der Waals surface area contributed by atoms with Gasteiger partial charge >= 0.3 is 0 Å². The third kappa shape index (κ3) is 4.32. The van der Waals surface area contributed by atoms with Crippen molar-refractivity contribution in [3.05, 3.63) is 64.9 Å². The lowest BCUT2D eigenvalue weighted by Gasteiger charge is -2.11. The van der Waals surface area contributed by atoms with E-state index >= 15 is 0 Å². The highest BCUT2D eigenvalue weighted by Gasteiger charge is 2.05. The first-order chi connectivity index (χ1) is 12.0. The zero-order valence-corrected chi connectivity index (χ0v) is 15.2. The molecule has 0 aliphatic rings. The quantitative estimate of drug-likeness (QED) is 0.552. The van der Waals surface area contributed by atoms with Gasteiger partial charge in [-0.05, 0) is 56.4 Å². The molecule has 0 fully saturated rings. The van der Waals surface area contributed by atoms with Gasteiger partial charge in [-0.15, -0.1) is 0 Å². The van der Waals surface area contributed by atoms with Crippen LogP contribution in [0.1, 0.15) is 18.1 Å². The second kappa shape index (κ2) is 7.59. The first kappa shape index (κ1) is 17.3. The van der Waals surface area contributed by atoms with E-state index in [1.807, 2.05) is 25.1 Å². The van der Waals surface area contributed by atoms with Crippen LogP contribution < -0.4 is 5.43 Å². The number of benzene rings is 2. The maximum absolute atomic E-state index is 6.02. The lowest BCUT2D eigenvalue weighted by Crippen LogP contribution is -2.11. The molecule has 1 N–H and O–H groups in total. The third-order valence-corrected chi connectivity index (χ3v) is 4.01. The zero-order valence-electron chi connectivity index (χ0n) is 14.5. The Balaban J connectivity index is 1.84. The molecule has 0 saturated carbocycles. The molecule has 0 aliphatic heterocycles. The van der Waals surface area contributed by atoms with Gasteiger partial charge in [0.25, 0.3) is 0 Å². The molecule has 5 nitrogen and oxygen atoms in total. The number of aromatic nitrogens is 2. The minimum Gasteiger partial charge on any atom is -0.305 e. The zero-order chi connectivity index (χ0) is 17.8. The molecule has 128 valence electrons. The van der Waals surface area contributed by atoms with Crippen molar-refractivity contribution in [1.29, 1.82) is 0 Å². The summed E-state index contributed by atoms with van der Waals surface area (Å²) in [6.07, 6.45) is 1.50. The van der Waals surface area contributed by atoms with Crippen LogP contribution in [-0.2, 0) is 6.54 Å². The number of nitrogens with zero attached hydrogens (tertiary/aromatic N) is 4. The molecule has 25 heavy (non-hydrogen) atoms. The molecular formula is C19H20ClN5. The van der Waals surface area contributed by atoms with E-state index in [1.165, 1.54) is 11.9 Å². The predicted octanol–water partition coefficient (Wildman–Crippen LogP) is 4.18. The van der Waals surface area contributed by atoms with Crippen molar-refractivity contribution >= 4 is 34.0 Å². The summed E-state index contributed by atoms with van der Waals surface area (Å²) in [4.78, 5) is 10.7. The van der Waals surface area contributed by atoms with Crippen LogP contribution in [0.4, 0.5) is 5.82 Å². The smallest absolute Gasteiger partial charge is 0.157 e. The summed E-state index contributed by atoms with van der Waals surface area (Å²) in [5.41, 5.74) is 7.05. The number of hydrogen-bond acceptors (Lipinski definition) is 5. The van der Waals surface area contributed by atoms with E-state index in [2.05, 4.69) is 63.8 Å². The largest absolute Gasteiger partial charge is 0.305 e. The van der Waals surface area contributed by atoms with Gasteiger partial charge in [-0.25, -0.2) is 9.97 Å². The molecule has 3 rings (SSSR count). The van der Waals surface area contributed by atoms with Crippen LogP contribution in [0.2, 0.25) is 5.02 Å². The van der Waals surface area contributed by atoms with Gasteiger partial charge in [-0.3, -0.25) is 5.43 Å². The summed E-state index contributed by atoms with van der Waals surface area (Å²) in [6.45, 7) is 2.87. The van der Waals surface area contributed by atoms with E-state index < -0.39 is 0 Å². The van der Waals surface area contributed by atoms with E-state index in [-0.39, 0.29) is 0 Å². The van der Waals surface area contributed by atoms with Gasteiger partial charge in [0.1, 0.15) is 6.33 Å². The van der Waals surface area contributed by atoms with Crippen LogP contribution in [0.25, 0.3) is 10.9 Å². The highest BCUT2D eigenvalue weighted by molar-refractivity contribution is 6.31. The lowest BCUT2D eigenvalue weighted by molar-refractivity contribution is 0.402. The fourth-order valence-corrected chi connectivity index (χ4v) is 2.75. The predicted molar refractivity (Wildman–Crippen MR) is 104 cm³/mol. The van der Waals surface area contributed by atoms with Gasteiger partial charge in [0.05, 0.1) is 11.2 Å². The van der Waals surface area contributed by atoms with Crippen LogP contribution >= 0.6 is 11.6 Å². The Hall–Kier alpha value is -2.50.